The summed E-state index contributed by atoms with van der Waals surface area (Å²) in [5, 5.41) is 2.83. The summed E-state index contributed by atoms with van der Waals surface area (Å²) in [5.41, 5.74) is 7.67. The van der Waals surface area contributed by atoms with E-state index in [2.05, 4.69) is 10.3 Å². The summed E-state index contributed by atoms with van der Waals surface area (Å²) in [4.78, 5) is 16.2. The number of benzene rings is 1. The fourth-order valence-corrected chi connectivity index (χ4v) is 1.82. The fourth-order valence-electron chi connectivity index (χ4n) is 1.82. The average Bonchev–Trinajstić information content (AvgIpc) is 2.48. The van der Waals surface area contributed by atoms with Crippen LogP contribution < -0.4 is 15.8 Å². The summed E-state index contributed by atoms with van der Waals surface area (Å²) in [7, 11) is 0. The number of para-hydroxylation sites is 1. The van der Waals surface area contributed by atoms with Crippen molar-refractivity contribution >= 4 is 11.6 Å². The standard InChI is InChI=1S/C15H17N3O2/c1-2-20-14-12(6-3-7-13(14)16)15(19)18-10-11-5-4-8-17-9-11/h3-9H,2,10,16H2,1H3,(H,18,19). The van der Waals surface area contributed by atoms with E-state index in [1.165, 1.54) is 0 Å². The van der Waals surface area contributed by atoms with Crippen LogP contribution in [0.1, 0.15) is 22.8 Å². The Morgan fingerprint density at radius 3 is 2.90 bits per heavy atom. The van der Waals surface area contributed by atoms with Crippen molar-refractivity contribution in [2.75, 3.05) is 12.3 Å². The smallest absolute Gasteiger partial charge is 0.255 e. The zero-order chi connectivity index (χ0) is 14.4. The monoisotopic (exact) mass is 271 g/mol. The fraction of sp³-hybridized carbons (Fsp3) is 0.200. The van der Waals surface area contributed by atoms with Crippen LogP contribution in [0.25, 0.3) is 0 Å². The van der Waals surface area contributed by atoms with Gasteiger partial charge in [0, 0.05) is 18.9 Å². The lowest BCUT2D eigenvalue weighted by atomic mass is 10.1. The van der Waals surface area contributed by atoms with Gasteiger partial charge in [0.2, 0.25) is 0 Å². The summed E-state index contributed by atoms with van der Waals surface area (Å²) in [6.07, 6.45) is 3.40. The number of nitrogen functional groups attached to an aromatic ring is 1. The zero-order valence-electron chi connectivity index (χ0n) is 11.3. The number of carbonyl (C=O) groups excluding carboxylic acids is 1. The Balaban J connectivity index is 2.11. The Bertz CT molecular complexity index is 585. The molecule has 0 unspecified atom stereocenters. The molecule has 2 rings (SSSR count). The third kappa shape index (κ3) is 3.26. The van der Waals surface area contributed by atoms with E-state index >= 15 is 0 Å². The van der Waals surface area contributed by atoms with Crippen LogP contribution in [-0.2, 0) is 6.54 Å². The van der Waals surface area contributed by atoms with Gasteiger partial charge in [0.05, 0.1) is 17.9 Å². The minimum absolute atomic E-state index is 0.218. The van der Waals surface area contributed by atoms with Gasteiger partial charge in [-0.25, -0.2) is 0 Å². The molecule has 2 aromatic rings. The number of nitrogens with zero attached hydrogens (tertiary/aromatic N) is 1. The first kappa shape index (κ1) is 13.9. The number of ether oxygens (including phenoxy) is 1. The van der Waals surface area contributed by atoms with Crippen LogP contribution >= 0.6 is 0 Å². The number of pyridine rings is 1. The van der Waals surface area contributed by atoms with E-state index < -0.39 is 0 Å². The molecule has 3 N–H and O–H groups in total. The van der Waals surface area contributed by atoms with Gasteiger partial charge in [-0.3, -0.25) is 9.78 Å². The molecule has 104 valence electrons. The highest BCUT2D eigenvalue weighted by molar-refractivity contribution is 5.98. The van der Waals surface area contributed by atoms with Crippen LogP contribution in [0, 0.1) is 0 Å². The molecule has 0 radical (unpaired) electrons. The van der Waals surface area contributed by atoms with E-state index in [0.717, 1.165) is 5.56 Å². The Kier molecular flexibility index (Phi) is 4.55. The molecule has 0 spiro atoms. The first-order chi connectivity index (χ1) is 9.72. The third-order valence-electron chi connectivity index (χ3n) is 2.75. The van der Waals surface area contributed by atoms with Gasteiger partial charge in [-0.05, 0) is 30.7 Å². The number of aromatic nitrogens is 1. The predicted molar refractivity (Wildman–Crippen MR) is 77.4 cm³/mol. The molecule has 0 aliphatic heterocycles. The molecule has 5 heteroatoms. The topological polar surface area (TPSA) is 77.2 Å². The first-order valence-electron chi connectivity index (χ1n) is 6.40. The maximum atomic E-state index is 12.2. The lowest BCUT2D eigenvalue weighted by Crippen LogP contribution is -2.23. The molecule has 1 aromatic heterocycles. The Hall–Kier alpha value is -2.56. The maximum Gasteiger partial charge on any atom is 0.255 e. The number of amides is 1. The lowest BCUT2D eigenvalue weighted by Gasteiger charge is -2.12. The minimum atomic E-state index is -0.218. The third-order valence-corrected chi connectivity index (χ3v) is 2.75. The van der Waals surface area contributed by atoms with Gasteiger partial charge >= 0.3 is 0 Å². The molecule has 0 saturated heterocycles. The second-order valence-electron chi connectivity index (χ2n) is 4.20. The number of hydrogen-bond acceptors (Lipinski definition) is 4. The number of nitrogens with two attached hydrogens (primary N) is 1. The van der Waals surface area contributed by atoms with Crippen LogP contribution in [0.3, 0.4) is 0 Å². The van der Waals surface area contributed by atoms with Crippen molar-refractivity contribution in [3.05, 3.63) is 53.9 Å². The molecule has 0 aliphatic rings. The van der Waals surface area contributed by atoms with E-state index in [1.807, 2.05) is 19.1 Å². The van der Waals surface area contributed by atoms with Gasteiger partial charge in [-0.15, -0.1) is 0 Å². The number of carbonyl (C=O) groups is 1. The van der Waals surface area contributed by atoms with Gasteiger partial charge in [0.15, 0.2) is 5.75 Å². The molecule has 5 nitrogen and oxygen atoms in total. The number of anilines is 1. The SMILES string of the molecule is CCOc1c(N)cccc1C(=O)NCc1cccnc1. The molecule has 0 fully saturated rings. The summed E-state index contributed by atoms with van der Waals surface area (Å²) >= 11 is 0. The highest BCUT2D eigenvalue weighted by atomic mass is 16.5. The van der Waals surface area contributed by atoms with Crippen molar-refractivity contribution in [3.63, 3.8) is 0 Å². The highest BCUT2D eigenvalue weighted by Gasteiger charge is 2.14. The average molecular weight is 271 g/mol. The normalized spacial score (nSPS) is 10.1. The van der Waals surface area contributed by atoms with E-state index in [0.29, 0.717) is 30.2 Å². The zero-order valence-corrected chi connectivity index (χ0v) is 11.3. The Morgan fingerprint density at radius 2 is 2.20 bits per heavy atom. The van der Waals surface area contributed by atoms with Gasteiger partial charge in [0.25, 0.3) is 5.91 Å². The van der Waals surface area contributed by atoms with Crippen molar-refractivity contribution < 1.29 is 9.53 Å². The number of hydrogen-bond donors (Lipinski definition) is 2. The summed E-state index contributed by atoms with van der Waals surface area (Å²) < 4.78 is 5.44. The van der Waals surface area contributed by atoms with Crippen molar-refractivity contribution in [3.8, 4) is 5.75 Å². The van der Waals surface area contributed by atoms with Crippen LogP contribution in [0.5, 0.6) is 5.75 Å². The van der Waals surface area contributed by atoms with Gasteiger partial charge in [-0.2, -0.15) is 0 Å². The summed E-state index contributed by atoms with van der Waals surface area (Å²) in [6, 6.07) is 8.86. The van der Waals surface area contributed by atoms with E-state index in [-0.39, 0.29) is 5.91 Å². The Morgan fingerprint density at radius 1 is 1.35 bits per heavy atom. The lowest BCUT2D eigenvalue weighted by molar-refractivity contribution is 0.0947. The molecule has 0 bridgehead atoms. The molecule has 20 heavy (non-hydrogen) atoms. The minimum Gasteiger partial charge on any atom is -0.491 e. The van der Waals surface area contributed by atoms with Gasteiger partial charge in [-0.1, -0.05) is 12.1 Å². The molecule has 1 aromatic carbocycles. The second-order valence-corrected chi connectivity index (χ2v) is 4.20. The van der Waals surface area contributed by atoms with Crippen molar-refractivity contribution in [2.45, 2.75) is 13.5 Å². The van der Waals surface area contributed by atoms with Gasteiger partial charge < -0.3 is 15.8 Å². The van der Waals surface area contributed by atoms with Crippen LogP contribution in [0.15, 0.2) is 42.7 Å². The highest BCUT2D eigenvalue weighted by Crippen LogP contribution is 2.26. The Labute approximate surface area is 117 Å². The molecular weight excluding hydrogens is 254 g/mol. The molecule has 1 heterocycles. The quantitative estimate of drug-likeness (QED) is 0.815. The van der Waals surface area contributed by atoms with E-state index in [1.54, 1.807) is 30.6 Å². The maximum absolute atomic E-state index is 12.2. The van der Waals surface area contributed by atoms with Crippen molar-refractivity contribution in [1.82, 2.24) is 10.3 Å². The number of rotatable bonds is 5. The van der Waals surface area contributed by atoms with Crippen LogP contribution in [-0.4, -0.2) is 17.5 Å². The van der Waals surface area contributed by atoms with Crippen LogP contribution in [0.2, 0.25) is 0 Å². The van der Waals surface area contributed by atoms with Crippen molar-refractivity contribution in [2.24, 2.45) is 0 Å². The molecule has 1 amide bonds. The molecule has 0 saturated carbocycles. The summed E-state index contributed by atoms with van der Waals surface area (Å²) in [6.45, 7) is 2.72. The van der Waals surface area contributed by atoms with Crippen molar-refractivity contribution in [1.29, 1.82) is 0 Å². The summed E-state index contributed by atoms with van der Waals surface area (Å²) in [5.74, 6) is 0.211. The first-order valence-corrected chi connectivity index (χ1v) is 6.40. The molecule has 0 atom stereocenters. The largest absolute Gasteiger partial charge is 0.491 e. The van der Waals surface area contributed by atoms with Gasteiger partial charge in [0.1, 0.15) is 0 Å². The van der Waals surface area contributed by atoms with E-state index in [4.69, 9.17) is 10.5 Å². The van der Waals surface area contributed by atoms with E-state index in [9.17, 15) is 4.79 Å². The predicted octanol–water partition coefficient (Wildman–Crippen LogP) is 1.99. The van der Waals surface area contributed by atoms with Crippen LogP contribution in [0.4, 0.5) is 5.69 Å². The molecular formula is C15H17N3O2. The number of nitrogens with one attached hydrogen (secondary N) is 1. The second kappa shape index (κ2) is 6.56. The molecule has 0 aliphatic carbocycles.